The fourth-order valence-corrected chi connectivity index (χ4v) is 2.26. The maximum Gasteiger partial charge on any atom is 0.461 e. The third-order valence-corrected chi connectivity index (χ3v) is 3.47. The first kappa shape index (κ1) is 20.5. The number of benzene rings is 1. The van der Waals surface area contributed by atoms with Crippen molar-refractivity contribution in [3.63, 3.8) is 0 Å². The van der Waals surface area contributed by atoms with Gasteiger partial charge in [0.15, 0.2) is 0 Å². The number of esters is 2. The summed E-state index contributed by atoms with van der Waals surface area (Å²) in [6.07, 6.45) is -8.73. The molecule has 0 fully saturated rings. The standard InChI is InChI=1S/C16H15F4NO6/c1-24-13(22)11-7-26-8-21(12(11)14(23)25-2)9-4-3-5-10(6-9)27-16(19,20)15(17)18/h3-6,15H,7-8H2,1-2H3. The smallest absolute Gasteiger partial charge is 0.461 e. The SMILES string of the molecule is COC(=O)C1=C(C(=O)OC)N(c2cccc(OC(F)(F)C(F)F)c2)COC1. The molecule has 1 aliphatic heterocycles. The van der Waals surface area contributed by atoms with E-state index in [0.717, 1.165) is 31.3 Å². The Kier molecular flexibility index (Phi) is 6.26. The van der Waals surface area contributed by atoms with Crippen LogP contribution in [0.1, 0.15) is 0 Å². The normalized spacial score (nSPS) is 15.0. The first-order chi connectivity index (χ1) is 12.7. The monoisotopic (exact) mass is 393 g/mol. The highest BCUT2D eigenvalue weighted by atomic mass is 19.3. The van der Waals surface area contributed by atoms with Crippen molar-refractivity contribution in [2.75, 3.05) is 32.5 Å². The molecule has 7 nitrogen and oxygen atoms in total. The Bertz CT molecular complexity index is 752. The Labute approximate surface area is 151 Å². The van der Waals surface area contributed by atoms with Crippen LogP contribution in [0, 0.1) is 0 Å². The van der Waals surface area contributed by atoms with Crippen LogP contribution in [-0.2, 0) is 23.8 Å². The predicted octanol–water partition coefficient (Wildman–Crippen LogP) is 2.32. The molecular formula is C16H15F4NO6. The van der Waals surface area contributed by atoms with E-state index in [4.69, 9.17) is 4.74 Å². The largest absolute Gasteiger partial charge is 0.466 e. The molecule has 0 aliphatic carbocycles. The number of ether oxygens (including phenoxy) is 4. The van der Waals surface area contributed by atoms with E-state index in [1.165, 1.54) is 12.1 Å². The van der Waals surface area contributed by atoms with E-state index in [1.807, 2.05) is 0 Å². The van der Waals surface area contributed by atoms with Gasteiger partial charge in [0.2, 0.25) is 0 Å². The van der Waals surface area contributed by atoms with Crippen molar-refractivity contribution in [1.29, 1.82) is 0 Å². The zero-order chi connectivity index (χ0) is 20.2. The molecule has 1 aromatic rings. The highest BCUT2D eigenvalue weighted by Gasteiger charge is 2.44. The van der Waals surface area contributed by atoms with Gasteiger partial charge in [0.25, 0.3) is 0 Å². The summed E-state index contributed by atoms with van der Waals surface area (Å²) in [6.45, 7) is -0.479. The molecule has 1 aliphatic rings. The van der Waals surface area contributed by atoms with Crippen LogP contribution in [0.4, 0.5) is 23.2 Å². The number of carbonyl (C=O) groups excluding carboxylic acids is 2. The van der Waals surface area contributed by atoms with Gasteiger partial charge < -0.3 is 23.8 Å². The number of hydrogen-bond acceptors (Lipinski definition) is 7. The average Bonchev–Trinajstić information content (AvgIpc) is 2.65. The van der Waals surface area contributed by atoms with Gasteiger partial charge in [-0.1, -0.05) is 6.07 Å². The average molecular weight is 393 g/mol. The van der Waals surface area contributed by atoms with Crippen LogP contribution in [0.25, 0.3) is 0 Å². The maximum atomic E-state index is 13.1. The first-order valence-electron chi connectivity index (χ1n) is 7.41. The van der Waals surface area contributed by atoms with Crippen molar-refractivity contribution in [3.8, 4) is 5.75 Å². The summed E-state index contributed by atoms with van der Waals surface area (Å²) in [5, 5.41) is 0. The molecule has 0 amide bonds. The van der Waals surface area contributed by atoms with Crippen molar-refractivity contribution in [3.05, 3.63) is 35.5 Å². The van der Waals surface area contributed by atoms with E-state index >= 15 is 0 Å². The molecule has 148 valence electrons. The van der Waals surface area contributed by atoms with Crippen LogP contribution < -0.4 is 9.64 Å². The van der Waals surface area contributed by atoms with Gasteiger partial charge in [-0.3, -0.25) is 0 Å². The van der Waals surface area contributed by atoms with Gasteiger partial charge in [0.05, 0.1) is 26.4 Å². The molecular weight excluding hydrogens is 378 g/mol. The minimum atomic E-state index is -4.70. The fourth-order valence-electron chi connectivity index (χ4n) is 2.26. The Hall–Kier alpha value is -2.82. The van der Waals surface area contributed by atoms with Crippen molar-refractivity contribution < 1.29 is 46.1 Å². The minimum absolute atomic E-state index is 0.0686. The molecule has 0 saturated carbocycles. The number of rotatable bonds is 6. The Balaban J connectivity index is 2.45. The fraction of sp³-hybridized carbons (Fsp3) is 0.375. The summed E-state index contributed by atoms with van der Waals surface area (Å²) in [5.74, 6) is -2.33. The topological polar surface area (TPSA) is 74.3 Å². The van der Waals surface area contributed by atoms with Crippen LogP contribution in [0.15, 0.2) is 35.5 Å². The van der Waals surface area contributed by atoms with Crippen molar-refractivity contribution >= 4 is 17.6 Å². The molecule has 1 heterocycles. The lowest BCUT2D eigenvalue weighted by atomic mass is 10.1. The number of carbonyl (C=O) groups is 2. The van der Waals surface area contributed by atoms with Gasteiger partial charge in [-0.2, -0.15) is 17.6 Å². The Morgan fingerprint density at radius 2 is 1.85 bits per heavy atom. The summed E-state index contributed by atoms with van der Waals surface area (Å²) in [6, 6.07) is 4.64. The van der Waals surface area contributed by atoms with E-state index in [1.54, 1.807) is 0 Å². The summed E-state index contributed by atoms with van der Waals surface area (Å²) in [4.78, 5) is 25.2. The number of hydrogen-bond donors (Lipinski definition) is 0. The molecule has 1 aromatic carbocycles. The Morgan fingerprint density at radius 3 is 2.44 bits per heavy atom. The molecule has 0 radical (unpaired) electrons. The van der Waals surface area contributed by atoms with E-state index in [0.29, 0.717) is 0 Å². The molecule has 2 rings (SSSR count). The molecule has 0 aromatic heterocycles. The van der Waals surface area contributed by atoms with Crippen molar-refractivity contribution in [2.24, 2.45) is 0 Å². The van der Waals surface area contributed by atoms with Crippen LogP contribution in [0.2, 0.25) is 0 Å². The maximum absolute atomic E-state index is 13.1. The number of anilines is 1. The first-order valence-corrected chi connectivity index (χ1v) is 7.41. The van der Waals surface area contributed by atoms with Crippen LogP contribution in [0.3, 0.4) is 0 Å². The summed E-state index contributed by atoms with van der Waals surface area (Å²) in [5.41, 5.74) is -0.313. The summed E-state index contributed by atoms with van der Waals surface area (Å²) < 4.78 is 69.4. The second-order valence-electron chi connectivity index (χ2n) is 5.18. The van der Waals surface area contributed by atoms with Gasteiger partial charge in [-0.15, -0.1) is 0 Å². The highest BCUT2D eigenvalue weighted by molar-refractivity contribution is 6.03. The van der Waals surface area contributed by atoms with Gasteiger partial charge in [-0.05, 0) is 12.1 Å². The number of halogens is 4. The molecule has 0 unspecified atom stereocenters. The van der Waals surface area contributed by atoms with E-state index < -0.39 is 30.2 Å². The summed E-state index contributed by atoms with van der Waals surface area (Å²) in [7, 11) is 2.19. The second kappa shape index (κ2) is 8.25. The third kappa shape index (κ3) is 4.48. The van der Waals surface area contributed by atoms with Gasteiger partial charge in [-0.25, -0.2) is 9.59 Å². The Morgan fingerprint density at radius 1 is 1.19 bits per heavy atom. The molecule has 11 heteroatoms. The lowest BCUT2D eigenvalue weighted by Crippen LogP contribution is -2.39. The lowest BCUT2D eigenvalue weighted by molar-refractivity contribution is -0.253. The van der Waals surface area contributed by atoms with Gasteiger partial charge >= 0.3 is 24.5 Å². The summed E-state index contributed by atoms with van der Waals surface area (Å²) >= 11 is 0. The minimum Gasteiger partial charge on any atom is -0.466 e. The zero-order valence-electron chi connectivity index (χ0n) is 14.2. The van der Waals surface area contributed by atoms with E-state index in [9.17, 15) is 27.2 Å². The molecule has 0 bridgehead atoms. The highest BCUT2D eigenvalue weighted by Crippen LogP contribution is 2.32. The third-order valence-electron chi connectivity index (χ3n) is 3.47. The van der Waals surface area contributed by atoms with Gasteiger partial charge in [0, 0.05) is 11.8 Å². The zero-order valence-corrected chi connectivity index (χ0v) is 14.2. The second-order valence-corrected chi connectivity index (χ2v) is 5.18. The van der Waals surface area contributed by atoms with Crippen LogP contribution >= 0.6 is 0 Å². The van der Waals surface area contributed by atoms with Crippen molar-refractivity contribution in [1.82, 2.24) is 0 Å². The predicted molar refractivity (Wildman–Crippen MR) is 82.4 cm³/mol. The quantitative estimate of drug-likeness (QED) is 0.542. The van der Waals surface area contributed by atoms with Crippen LogP contribution in [-0.4, -0.2) is 52.0 Å². The molecule has 0 N–H and O–H groups in total. The lowest BCUT2D eigenvalue weighted by Gasteiger charge is -2.31. The molecule has 27 heavy (non-hydrogen) atoms. The number of alkyl halides is 4. The molecule has 0 spiro atoms. The molecule has 0 atom stereocenters. The number of methoxy groups -OCH3 is 2. The van der Waals surface area contributed by atoms with E-state index in [2.05, 4.69) is 14.2 Å². The van der Waals surface area contributed by atoms with Crippen molar-refractivity contribution in [2.45, 2.75) is 12.5 Å². The van der Waals surface area contributed by atoms with Gasteiger partial charge in [0.1, 0.15) is 18.2 Å². The van der Waals surface area contributed by atoms with Crippen LogP contribution in [0.5, 0.6) is 5.75 Å². The van der Waals surface area contributed by atoms with E-state index in [-0.39, 0.29) is 30.3 Å². The molecule has 0 saturated heterocycles. The number of nitrogens with zero attached hydrogens (tertiary/aromatic N) is 1.